The van der Waals surface area contributed by atoms with E-state index in [4.69, 9.17) is 4.74 Å². The number of methoxy groups -OCH3 is 1. The highest BCUT2D eigenvalue weighted by Crippen LogP contribution is 2.23. The summed E-state index contributed by atoms with van der Waals surface area (Å²) in [6.07, 6.45) is 1.62. The Bertz CT molecular complexity index is 734. The first-order valence-electron chi connectivity index (χ1n) is 8.18. The minimum atomic E-state index is -0.183. The SMILES string of the molecule is COC(C)c1cccc(CCCN2C(=O)c3ccccc3C2=O)c1. The Hall–Kier alpha value is -2.46. The zero-order chi connectivity index (χ0) is 17.1. The molecule has 2 aromatic carbocycles. The Balaban J connectivity index is 1.62. The van der Waals surface area contributed by atoms with E-state index in [0.717, 1.165) is 18.4 Å². The van der Waals surface area contributed by atoms with Crippen molar-refractivity contribution in [3.63, 3.8) is 0 Å². The number of fused-ring (bicyclic) bond motifs is 1. The second-order valence-electron chi connectivity index (χ2n) is 6.03. The van der Waals surface area contributed by atoms with Crippen LogP contribution in [0, 0.1) is 0 Å². The summed E-state index contributed by atoms with van der Waals surface area (Å²) in [6, 6.07) is 15.2. The smallest absolute Gasteiger partial charge is 0.261 e. The second kappa shape index (κ2) is 6.97. The summed E-state index contributed by atoms with van der Waals surface area (Å²) in [7, 11) is 1.69. The molecule has 24 heavy (non-hydrogen) atoms. The monoisotopic (exact) mass is 323 g/mol. The summed E-state index contributed by atoms with van der Waals surface area (Å²) in [4.78, 5) is 26.0. The first-order chi connectivity index (χ1) is 11.6. The van der Waals surface area contributed by atoms with Crippen molar-refractivity contribution in [3.05, 3.63) is 70.8 Å². The Morgan fingerprint density at radius 1 is 1.00 bits per heavy atom. The molecule has 1 aliphatic rings. The van der Waals surface area contributed by atoms with Gasteiger partial charge in [-0.25, -0.2) is 0 Å². The lowest BCUT2D eigenvalue weighted by molar-refractivity contribution is 0.0652. The highest BCUT2D eigenvalue weighted by Gasteiger charge is 2.34. The van der Waals surface area contributed by atoms with Crippen LogP contribution in [0.25, 0.3) is 0 Å². The third-order valence-electron chi connectivity index (χ3n) is 4.50. The number of hydrogen-bond acceptors (Lipinski definition) is 3. The van der Waals surface area contributed by atoms with Crippen LogP contribution in [-0.2, 0) is 11.2 Å². The molecule has 0 saturated carbocycles. The number of ether oxygens (including phenoxy) is 1. The van der Waals surface area contributed by atoms with E-state index in [1.807, 2.05) is 19.1 Å². The third kappa shape index (κ3) is 3.10. The number of aryl methyl sites for hydroxylation is 1. The fraction of sp³-hybridized carbons (Fsp3) is 0.300. The molecule has 0 bridgehead atoms. The van der Waals surface area contributed by atoms with E-state index in [1.165, 1.54) is 10.5 Å². The molecule has 124 valence electrons. The Morgan fingerprint density at radius 3 is 2.29 bits per heavy atom. The van der Waals surface area contributed by atoms with Crippen molar-refractivity contribution in [2.75, 3.05) is 13.7 Å². The summed E-state index contributed by atoms with van der Waals surface area (Å²) < 4.78 is 5.34. The topological polar surface area (TPSA) is 46.6 Å². The van der Waals surface area contributed by atoms with Crippen LogP contribution >= 0.6 is 0 Å². The molecule has 1 aliphatic heterocycles. The fourth-order valence-electron chi connectivity index (χ4n) is 3.02. The average molecular weight is 323 g/mol. The van der Waals surface area contributed by atoms with E-state index in [1.54, 1.807) is 31.4 Å². The normalized spacial score (nSPS) is 14.8. The predicted octanol–water partition coefficient (Wildman–Crippen LogP) is 3.62. The van der Waals surface area contributed by atoms with Crippen molar-refractivity contribution < 1.29 is 14.3 Å². The number of carbonyl (C=O) groups excluding carboxylic acids is 2. The lowest BCUT2D eigenvalue weighted by Crippen LogP contribution is -2.30. The van der Waals surface area contributed by atoms with E-state index in [0.29, 0.717) is 17.7 Å². The standard InChI is InChI=1S/C20H21NO3/c1-14(24-2)16-9-5-7-15(13-16)8-6-12-21-19(22)17-10-3-4-11-18(17)20(21)23/h3-5,7,9-11,13-14H,6,8,12H2,1-2H3. The number of imide groups is 1. The molecule has 1 heterocycles. The molecule has 0 aliphatic carbocycles. The second-order valence-corrected chi connectivity index (χ2v) is 6.03. The van der Waals surface area contributed by atoms with E-state index < -0.39 is 0 Å². The lowest BCUT2D eigenvalue weighted by atomic mass is 10.0. The maximum atomic E-state index is 12.3. The molecule has 1 unspecified atom stereocenters. The number of nitrogens with zero attached hydrogens (tertiary/aromatic N) is 1. The van der Waals surface area contributed by atoms with Gasteiger partial charge in [-0.1, -0.05) is 36.4 Å². The number of rotatable bonds is 6. The zero-order valence-electron chi connectivity index (χ0n) is 14.0. The van der Waals surface area contributed by atoms with E-state index in [9.17, 15) is 9.59 Å². The molecule has 0 saturated heterocycles. The van der Waals surface area contributed by atoms with Crippen molar-refractivity contribution in [1.29, 1.82) is 0 Å². The molecule has 0 radical (unpaired) electrons. The zero-order valence-corrected chi connectivity index (χ0v) is 14.0. The van der Waals surface area contributed by atoms with Crippen molar-refractivity contribution >= 4 is 11.8 Å². The van der Waals surface area contributed by atoms with Crippen LogP contribution in [0.4, 0.5) is 0 Å². The van der Waals surface area contributed by atoms with Gasteiger partial charge < -0.3 is 4.74 Å². The molecule has 1 atom stereocenters. The Kier molecular flexibility index (Phi) is 4.76. The first-order valence-corrected chi connectivity index (χ1v) is 8.18. The highest BCUT2D eigenvalue weighted by molar-refractivity contribution is 6.21. The molecule has 0 aromatic heterocycles. The number of carbonyl (C=O) groups is 2. The third-order valence-corrected chi connectivity index (χ3v) is 4.50. The fourth-order valence-corrected chi connectivity index (χ4v) is 3.02. The van der Waals surface area contributed by atoms with Crippen molar-refractivity contribution in [2.24, 2.45) is 0 Å². The summed E-state index contributed by atoms with van der Waals surface area (Å²) in [6.45, 7) is 2.45. The maximum Gasteiger partial charge on any atom is 0.261 e. The molecule has 4 heteroatoms. The minimum Gasteiger partial charge on any atom is -0.377 e. The molecule has 2 aromatic rings. The lowest BCUT2D eigenvalue weighted by Gasteiger charge is -2.14. The van der Waals surface area contributed by atoms with Gasteiger partial charge in [-0.05, 0) is 43.0 Å². The Labute approximate surface area is 142 Å². The number of hydrogen-bond donors (Lipinski definition) is 0. The van der Waals surface area contributed by atoms with Gasteiger partial charge in [0.15, 0.2) is 0 Å². The molecular weight excluding hydrogens is 302 g/mol. The summed E-state index contributed by atoms with van der Waals surface area (Å²) in [5.74, 6) is -0.366. The predicted molar refractivity (Wildman–Crippen MR) is 92.0 cm³/mol. The van der Waals surface area contributed by atoms with Gasteiger partial charge in [-0.15, -0.1) is 0 Å². The maximum absolute atomic E-state index is 12.3. The summed E-state index contributed by atoms with van der Waals surface area (Å²) in [5, 5.41) is 0. The van der Waals surface area contributed by atoms with Crippen molar-refractivity contribution in [3.8, 4) is 0 Å². The van der Waals surface area contributed by atoms with Crippen LogP contribution in [0.2, 0.25) is 0 Å². The van der Waals surface area contributed by atoms with Gasteiger partial charge in [0.25, 0.3) is 11.8 Å². The first kappa shape index (κ1) is 16.4. The van der Waals surface area contributed by atoms with E-state index in [-0.39, 0.29) is 17.9 Å². The van der Waals surface area contributed by atoms with Gasteiger partial charge >= 0.3 is 0 Å². The number of benzene rings is 2. The Morgan fingerprint density at radius 2 is 1.67 bits per heavy atom. The van der Waals surface area contributed by atoms with Crippen molar-refractivity contribution in [2.45, 2.75) is 25.9 Å². The molecule has 0 spiro atoms. The quantitative estimate of drug-likeness (QED) is 0.763. The van der Waals surface area contributed by atoms with E-state index in [2.05, 4.69) is 12.1 Å². The van der Waals surface area contributed by atoms with Gasteiger partial charge in [0.1, 0.15) is 0 Å². The van der Waals surface area contributed by atoms with Gasteiger partial charge in [0.05, 0.1) is 17.2 Å². The van der Waals surface area contributed by atoms with Crippen molar-refractivity contribution in [1.82, 2.24) is 4.90 Å². The summed E-state index contributed by atoms with van der Waals surface area (Å²) >= 11 is 0. The minimum absolute atomic E-state index is 0.0567. The van der Waals surface area contributed by atoms with Gasteiger partial charge in [-0.2, -0.15) is 0 Å². The van der Waals surface area contributed by atoms with Crippen LogP contribution in [-0.4, -0.2) is 30.4 Å². The van der Waals surface area contributed by atoms with Crippen LogP contribution < -0.4 is 0 Å². The molecule has 0 fully saturated rings. The number of amides is 2. The largest absolute Gasteiger partial charge is 0.377 e. The van der Waals surface area contributed by atoms with Crippen LogP contribution in [0.3, 0.4) is 0 Å². The average Bonchev–Trinajstić information content (AvgIpc) is 2.86. The molecule has 2 amide bonds. The van der Waals surface area contributed by atoms with Gasteiger partial charge in [0, 0.05) is 13.7 Å². The molecule has 4 nitrogen and oxygen atoms in total. The van der Waals surface area contributed by atoms with Gasteiger partial charge in [0.2, 0.25) is 0 Å². The van der Waals surface area contributed by atoms with Crippen LogP contribution in [0.1, 0.15) is 51.3 Å². The summed E-state index contributed by atoms with van der Waals surface area (Å²) in [5.41, 5.74) is 3.35. The molecular formula is C20H21NO3. The molecule has 3 rings (SSSR count). The van der Waals surface area contributed by atoms with Gasteiger partial charge in [-0.3, -0.25) is 14.5 Å². The van der Waals surface area contributed by atoms with Crippen LogP contribution in [0.5, 0.6) is 0 Å². The highest BCUT2D eigenvalue weighted by atomic mass is 16.5. The van der Waals surface area contributed by atoms with E-state index >= 15 is 0 Å². The van der Waals surface area contributed by atoms with Crippen LogP contribution in [0.15, 0.2) is 48.5 Å². The molecule has 0 N–H and O–H groups in total.